The molecule has 46 heavy (non-hydrogen) atoms. The summed E-state index contributed by atoms with van der Waals surface area (Å²) in [6.45, 7) is 9.47. The average Bonchev–Trinajstić information content (AvgIpc) is 3.10. The van der Waals surface area contributed by atoms with Crippen LogP contribution in [0.25, 0.3) is 11.3 Å². The van der Waals surface area contributed by atoms with Crippen molar-refractivity contribution in [3.8, 4) is 34.3 Å². The quantitative estimate of drug-likeness (QED) is 0.0853. The van der Waals surface area contributed by atoms with Crippen LogP contribution >= 0.6 is 0 Å². The maximum atomic E-state index is 6.59. The molecule has 0 fully saturated rings. The molecule has 0 amide bonds. The Labute approximate surface area is 275 Å². The molecule has 0 bridgehead atoms. The number of nitrogens with zero attached hydrogens (tertiary/aromatic N) is 3. The number of aromatic nitrogens is 3. The van der Waals surface area contributed by atoms with Crippen LogP contribution in [0.5, 0.6) is 23.0 Å². The Bertz CT molecular complexity index is 1430. The normalized spacial score (nSPS) is 12.3. The highest BCUT2D eigenvalue weighted by atomic mass is 16.5. The van der Waals surface area contributed by atoms with Crippen LogP contribution in [-0.2, 0) is 13.2 Å². The van der Waals surface area contributed by atoms with Crippen molar-refractivity contribution in [1.29, 1.82) is 0 Å². The zero-order chi connectivity index (χ0) is 32.4. The Morgan fingerprint density at radius 3 is 1.70 bits per heavy atom. The van der Waals surface area contributed by atoms with E-state index in [0.717, 1.165) is 53.9 Å². The minimum absolute atomic E-state index is 0.173. The largest absolute Gasteiger partial charge is 0.490 e. The Balaban J connectivity index is 1.55. The van der Waals surface area contributed by atoms with Crippen molar-refractivity contribution in [1.82, 2.24) is 15.4 Å². The van der Waals surface area contributed by atoms with E-state index in [0.29, 0.717) is 30.4 Å². The van der Waals surface area contributed by atoms with Crippen molar-refractivity contribution in [3.05, 3.63) is 90.1 Å². The smallest absolute Gasteiger partial charge is 0.171 e. The molecule has 3 aromatic carbocycles. The van der Waals surface area contributed by atoms with Crippen molar-refractivity contribution >= 4 is 0 Å². The highest BCUT2D eigenvalue weighted by Crippen LogP contribution is 2.39. The molecule has 4 rings (SSSR count). The van der Waals surface area contributed by atoms with Gasteiger partial charge in [0.1, 0.15) is 30.4 Å². The minimum atomic E-state index is 0.173. The predicted molar refractivity (Wildman–Crippen MR) is 185 cm³/mol. The molecule has 4 aromatic rings. The van der Waals surface area contributed by atoms with Crippen LogP contribution in [0.4, 0.5) is 0 Å². The van der Waals surface area contributed by atoms with Crippen LogP contribution in [0, 0.1) is 0 Å². The zero-order valence-corrected chi connectivity index (χ0v) is 28.1. The average molecular weight is 626 g/mol. The summed E-state index contributed by atoms with van der Waals surface area (Å²) < 4.78 is 26.1. The van der Waals surface area contributed by atoms with Crippen LogP contribution < -0.4 is 18.9 Å². The van der Waals surface area contributed by atoms with Crippen molar-refractivity contribution in [2.75, 3.05) is 0 Å². The van der Waals surface area contributed by atoms with Crippen LogP contribution in [-0.4, -0.2) is 27.6 Å². The Hall–Kier alpha value is -4.13. The summed E-state index contributed by atoms with van der Waals surface area (Å²) in [4.78, 5) is 0. The first-order chi connectivity index (χ1) is 22.7. The maximum Gasteiger partial charge on any atom is 0.171 e. The second-order valence-electron chi connectivity index (χ2n) is 11.7. The van der Waals surface area contributed by atoms with Crippen LogP contribution in [0.3, 0.4) is 0 Å². The van der Waals surface area contributed by atoms with Crippen LogP contribution in [0.1, 0.15) is 103 Å². The standard InChI is InChI=1S/C39H51N3O4/c1-5-9-11-20-32(7-3)45-36-23-15-13-18-30(36)28-43-38-25-17-22-34(35-26-27-40-42-41-35)39(38)44-29-31-19-14-16-24-37(31)46-33(8-4)21-12-10-6-2/h13-19,22-27,32-33H,5-12,20-21,28-29H2,1-4H3. The molecule has 0 aliphatic carbocycles. The summed E-state index contributed by atoms with van der Waals surface area (Å²) >= 11 is 0. The van der Waals surface area contributed by atoms with Gasteiger partial charge in [-0.3, -0.25) is 0 Å². The van der Waals surface area contributed by atoms with Gasteiger partial charge in [0.15, 0.2) is 11.5 Å². The van der Waals surface area contributed by atoms with Gasteiger partial charge in [-0.05, 0) is 74.1 Å². The molecule has 7 nitrogen and oxygen atoms in total. The lowest BCUT2D eigenvalue weighted by molar-refractivity contribution is 0.174. The van der Waals surface area contributed by atoms with E-state index < -0.39 is 0 Å². The lowest BCUT2D eigenvalue weighted by Gasteiger charge is -2.22. The molecular weight excluding hydrogens is 574 g/mol. The molecule has 0 radical (unpaired) electrons. The Kier molecular flexibility index (Phi) is 14.6. The first kappa shape index (κ1) is 34.7. The molecule has 0 saturated heterocycles. The van der Waals surface area contributed by atoms with E-state index in [2.05, 4.69) is 55.2 Å². The second-order valence-corrected chi connectivity index (χ2v) is 11.7. The molecule has 1 aromatic heterocycles. The van der Waals surface area contributed by atoms with Gasteiger partial charge in [-0.1, -0.05) is 95.8 Å². The van der Waals surface area contributed by atoms with E-state index in [9.17, 15) is 0 Å². The van der Waals surface area contributed by atoms with Gasteiger partial charge < -0.3 is 18.9 Å². The summed E-state index contributed by atoms with van der Waals surface area (Å²) in [6, 6.07) is 23.9. The van der Waals surface area contributed by atoms with E-state index in [1.165, 1.54) is 38.5 Å². The van der Waals surface area contributed by atoms with Gasteiger partial charge in [-0.25, -0.2) is 0 Å². The summed E-state index contributed by atoms with van der Waals surface area (Å²) in [6.07, 6.45) is 13.2. The summed E-state index contributed by atoms with van der Waals surface area (Å²) in [7, 11) is 0. The van der Waals surface area contributed by atoms with Gasteiger partial charge in [0.05, 0.1) is 18.4 Å². The van der Waals surface area contributed by atoms with Crippen LogP contribution in [0.15, 0.2) is 79.0 Å². The number of ether oxygens (including phenoxy) is 4. The lowest BCUT2D eigenvalue weighted by atomic mass is 10.1. The number of para-hydroxylation sites is 3. The lowest BCUT2D eigenvalue weighted by Crippen LogP contribution is -2.16. The zero-order valence-electron chi connectivity index (χ0n) is 28.1. The van der Waals surface area contributed by atoms with E-state index in [1.54, 1.807) is 6.20 Å². The third-order valence-electron chi connectivity index (χ3n) is 8.22. The molecule has 0 spiro atoms. The van der Waals surface area contributed by atoms with Gasteiger partial charge in [-0.2, -0.15) is 0 Å². The molecule has 2 atom stereocenters. The number of unbranched alkanes of at least 4 members (excludes halogenated alkanes) is 4. The number of benzene rings is 3. The summed E-state index contributed by atoms with van der Waals surface area (Å²) in [5.74, 6) is 2.92. The molecule has 0 N–H and O–H groups in total. The van der Waals surface area contributed by atoms with Crippen molar-refractivity contribution in [3.63, 3.8) is 0 Å². The van der Waals surface area contributed by atoms with Crippen molar-refractivity contribution in [2.45, 2.75) is 117 Å². The topological polar surface area (TPSA) is 75.6 Å². The number of hydrogen-bond donors (Lipinski definition) is 0. The third kappa shape index (κ3) is 10.5. The van der Waals surface area contributed by atoms with E-state index in [-0.39, 0.29) is 12.2 Å². The first-order valence-corrected chi connectivity index (χ1v) is 17.2. The van der Waals surface area contributed by atoms with Gasteiger partial charge in [0.25, 0.3) is 0 Å². The molecule has 246 valence electrons. The SMILES string of the molecule is CCCCCC(CC)Oc1ccccc1COc1cccc(-c2ccnnn2)c1OCc1ccccc1OC(CC)CCCCC. The summed E-state index contributed by atoms with van der Waals surface area (Å²) in [5, 5.41) is 12.0. The summed E-state index contributed by atoms with van der Waals surface area (Å²) in [5.41, 5.74) is 3.40. The molecule has 0 aliphatic rings. The fraction of sp³-hybridized carbons (Fsp3) is 0.462. The van der Waals surface area contributed by atoms with E-state index in [4.69, 9.17) is 18.9 Å². The van der Waals surface area contributed by atoms with E-state index >= 15 is 0 Å². The minimum Gasteiger partial charge on any atom is -0.490 e. The van der Waals surface area contributed by atoms with Crippen molar-refractivity contribution < 1.29 is 18.9 Å². The number of rotatable bonds is 21. The van der Waals surface area contributed by atoms with E-state index in [1.807, 2.05) is 60.7 Å². The van der Waals surface area contributed by atoms with Crippen molar-refractivity contribution in [2.24, 2.45) is 0 Å². The first-order valence-electron chi connectivity index (χ1n) is 17.2. The Morgan fingerprint density at radius 1 is 0.587 bits per heavy atom. The maximum absolute atomic E-state index is 6.59. The molecule has 2 unspecified atom stereocenters. The molecule has 1 heterocycles. The van der Waals surface area contributed by atoms with Gasteiger partial charge in [0, 0.05) is 16.7 Å². The van der Waals surface area contributed by atoms with Gasteiger partial charge in [0.2, 0.25) is 0 Å². The molecule has 0 aliphatic heterocycles. The molecule has 7 heteroatoms. The van der Waals surface area contributed by atoms with Crippen LogP contribution in [0.2, 0.25) is 0 Å². The number of hydrogen-bond acceptors (Lipinski definition) is 7. The Morgan fingerprint density at radius 2 is 1.15 bits per heavy atom. The van der Waals surface area contributed by atoms with Gasteiger partial charge >= 0.3 is 0 Å². The predicted octanol–water partition coefficient (Wildman–Crippen LogP) is 10.2. The fourth-order valence-electron chi connectivity index (χ4n) is 5.44. The monoisotopic (exact) mass is 625 g/mol. The highest BCUT2D eigenvalue weighted by molar-refractivity contribution is 5.70. The molecular formula is C39H51N3O4. The van der Waals surface area contributed by atoms with Gasteiger partial charge in [-0.15, -0.1) is 10.2 Å². The fourth-order valence-corrected chi connectivity index (χ4v) is 5.44. The highest BCUT2D eigenvalue weighted by Gasteiger charge is 2.18. The molecule has 0 saturated carbocycles. The third-order valence-corrected chi connectivity index (χ3v) is 8.22. The second kappa shape index (κ2) is 19.4.